The lowest BCUT2D eigenvalue weighted by molar-refractivity contribution is -0.122. The van der Waals surface area contributed by atoms with Crippen LogP contribution < -0.4 is 4.90 Å². The van der Waals surface area contributed by atoms with Gasteiger partial charge < -0.3 is 0 Å². The SMILES string of the molecule is O=C1[C@@H]2C3c4ccccc4C(c4ccccc43)[C@H]2C(=O)N1c1ccccc1S. The van der Waals surface area contributed by atoms with Gasteiger partial charge in [0, 0.05) is 16.7 Å². The van der Waals surface area contributed by atoms with E-state index in [1.54, 1.807) is 6.07 Å². The number of para-hydroxylation sites is 1. The summed E-state index contributed by atoms with van der Waals surface area (Å²) in [6.07, 6.45) is 0. The van der Waals surface area contributed by atoms with Crippen LogP contribution in [0.5, 0.6) is 0 Å². The van der Waals surface area contributed by atoms with Gasteiger partial charge in [-0.15, -0.1) is 12.6 Å². The molecule has 7 rings (SSSR count). The van der Waals surface area contributed by atoms with E-state index < -0.39 is 0 Å². The second kappa shape index (κ2) is 5.58. The zero-order valence-electron chi connectivity index (χ0n) is 14.9. The number of nitrogens with zero attached hydrogens (tertiary/aromatic N) is 1. The van der Waals surface area contributed by atoms with Crippen molar-refractivity contribution in [1.29, 1.82) is 0 Å². The number of amides is 2. The fraction of sp³-hybridized carbons (Fsp3) is 0.167. The first-order valence-electron chi connectivity index (χ1n) is 9.52. The zero-order chi connectivity index (χ0) is 19.0. The zero-order valence-corrected chi connectivity index (χ0v) is 15.8. The molecule has 0 saturated carbocycles. The number of carbonyl (C=O) groups excluding carboxylic acids is 2. The van der Waals surface area contributed by atoms with Gasteiger partial charge in [0.2, 0.25) is 11.8 Å². The van der Waals surface area contributed by atoms with Crippen LogP contribution in [0.25, 0.3) is 0 Å². The lowest BCUT2D eigenvalue weighted by Gasteiger charge is -2.45. The molecule has 28 heavy (non-hydrogen) atoms. The number of imide groups is 1. The Morgan fingerprint density at radius 3 is 1.43 bits per heavy atom. The van der Waals surface area contributed by atoms with Crippen LogP contribution in [0, 0.1) is 11.8 Å². The van der Waals surface area contributed by atoms with Crippen LogP contribution in [-0.4, -0.2) is 11.8 Å². The van der Waals surface area contributed by atoms with Gasteiger partial charge in [-0.25, -0.2) is 4.90 Å². The Hall–Kier alpha value is -2.85. The molecule has 0 unspecified atom stereocenters. The second-order valence-electron chi connectivity index (χ2n) is 7.77. The van der Waals surface area contributed by atoms with E-state index in [4.69, 9.17) is 0 Å². The van der Waals surface area contributed by atoms with Gasteiger partial charge in [0.05, 0.1) is 17.5 Å². The summed E-state index contributed by atoms with van der Waals surface area (Å²) < 4.78 is 0. The molecule has 2 atom stereocenters. The van der Waals surface area contributed by atoms with Gasteiger partial charge in [0.25, 0.3) is 0 Å². The molecule has 2 amide bonds. The summed E-state index contributed by atoms with van der Waals surface area (Å²) in [5.41, 5.74) is 5.34. The molecule has 0 radical (unpaired) electrons. The third-order valence-corrected chi connectivity index (χ3v) is 6.95. The maximum atomic E-state index is 13.6. The van der Waals surface area contributed by atoms with E-state index >= 15 is 0 Å². The minimum atomic E-state index is -0.352. The molecule has 4 aliphatic rings. The predicted octanol–water partition coefficient (Wildman–Crippen LogP) is 4.37. The molecule has 3 aromatic rings. The average Bonchev–Trinajstić information content (AvgIpc) is 2.99. The molecule has 4 heteroatoms. The van der Waals surface area contributed by atoms with Crippen molar-refractivity contribution in [3.05, 3.63) is 95.1 Å². The lowest BCUT2D eigenvalue weighted by Crippen LogP contribution is -2.41. The number of carbonyl (C=O) groups is 2. The standard InChI is InChI=1S/C24H17NO2S/c26-23-21-19-13-7-1-2-8-14(13)20(16-10-4-3-9-15(16)19)22(21)24(27)25(23)17-11-5-6-12-18(17)28/h1-12,19-22,28H/t19?,20?,21-,22-/m1/s1. The summed E-state index contributed by atoms with van der Waals surface area (Å²) in [5.74, 6) is -1.05. The van der Waals surface area contributed by atoms with Crippen molar-refractivity contribution in [3.8, 4) is 0 Å². The van der Waals surface area contributed by atoms with E-state index in [1.165, 1.54) is 27.2 Å². The first-order chi connectivity index (χ1) is 13.7. The van der Waals surface area contributed by atoms with E-state index in [1.807, 2.05) is 42.5 Å². The van der Waals surface area contributed by atoms with Crippen LogP contribution in [0.2, 0.25) is 0 Å². The molecule has 2 bridgehead atoms. The molecule has 1 aliphatic heterocycles. The highest BCUT2D eigenvalue weighted by Crippen LogP contribution is 2.61. The van der Waals surface area contributed by atoms with Gasteiger partial charge in [0.15, 0.2) is 0 Å². The molecule has 136 valence electrons. The third-order valence-electron chi connectivity index (χ3n) is 6.57. The average molecular weight is 383 g/mol. The highest BCUT2D eigenvalue weighted by atomic mass is 32.1. The minimum absolute atomic E-state index is 0.0732. The molecule has 3 nitrogen and oxygen atoms in total. The summed E-state index contributed by atoms with van der Waals surface area (Å²) in [7, 11) is 0. The van der Waals surface area contributed by atoms with Gasteiger partial charge in [0.1, 0.15) is 0 Å². The highest BCUT2D eigenvalue weighted by Gasteiger charge is 2.61. The van der Waals surface area contributed by atoms with Gasteiger partial charge in [-0.05, 0) is 34.4 Å². The van der Waals surface area contributed by atoms with E-state index in [-0.39, 0.29) is 35.5 Å². The number of benzene rings is 3. The Labute approximate surface area is 168 Å². The van der Waals surface area contributed by atoms with Crippen molar-refractivity contribution in [2.24, 2.45) is 11.8 Å². The Morgan fingerprint density at radius 2 is 1.00 bits per heavy atom. The van der Waals surface area contributed by atoms with Gasteiger partial charge in [-0.2, -0.15) is 0 Å². The maximum absolute atomic E-state index is 13.6. The molecule has 3 aliphatic carbocycles. The van der Waals surface area contributed by atoms with Crippen LogP contribution in [0.1, 0.15) is 34.1 Å². The van der Waals surface area contributed by atoms with Crippen LogP contribution in [0.3, 0.4) is 0 Å². The number of thiol groups is 1. The van der Waals surface area contributed by atoms with Crippen molar-refractivity contribution < 1.29 is 9.59 Å². The van der Waals surface area contributed by atoms with E-state index in [0.717, 1.165) is 0 Å². The van der Waals surface area contributed by atoms with Gasteiger partial charge >= 0.3 is 0 Å². The van der Waals surface area contributed by atoms with Crippen molar-refractivity contribution >= 4 is 30.1 Å². The summed E-state index contributed by atoms with van der Waals surface area (Å²) in [5, 5.41) is 0. The summed E-state index contributed by atoms with van der Waals surface area (Å²) >= 11 is 4.50. The van der Waals surface area contributed by atoms with Crippen LogP contribution >= 0.6 is 12.6 Å². The first kappa shape index (κ1) is 16.1. The lowest BCUT2D eigenvalue weighted by atomic mass is 9.55. The van der Waals surface area contributed by atoms with Crippen LogP contribution in [0.4, 0.5) is 5.69 Å². The molecular weight excluding hydrogens is 366 g/mol. The van der Waals surface area contributed by atoms with E-state index in [9.17, 15) is 9.59 Å². The number of hydrogen-bond donors (Lipinski definition) is 1. The Bertz CT molecular complexity index is 1060. The number of rotatable bonds is 1. The Kier molecular flexibility index (Phi) is 3.22. The first-order valence-corrected chi connectivity index (χ1v) is 9.96. The molecule has 1 fully saturated rings. The molecule has 0 aromatic heterocycles. The normalized spacial score (nSPS) is 26.8. The monoisotopic (exact) mass is 383 g/mol. The summed E-state index contributed by atoms with van der Waals surface area (Å²) in [6, 6.07) is 23.9. The van der Waals surface area contributed by atoms with Crippen LogP contribution in [-0.2, 0) is 9.59 Å². The smallest absolute Gasteiger partial charge is 0.238 e. The summed E-state index contributed by atoms with van der Waals surface area (Å²) in [4.78, 5) is 29.2. The third kappa shape index (κ3) is 1.86. The number of hydrogen-bond acceptors (Lipinski definition) is 3. The predicted molar refractivity (Wildman–Crippen MR) is 110 cm³/mol. The fourth-order valence-electron chi connectivity index (χ4n) is 5.57. The molecule has 1 saturated heterocycles. The second-order valence-corrected chi connectivity index (χ2v) is 8.25. The fourth-order valence-corrected chi connectivity index (χ4v) is 5.83. The molecule has 0 N–H and O–H groups in total. The largest absolute Gasteiger partial charge is 0.274 e. The van der Waals surface area contributed by atoms with E-state index in [2.05, 4.69) is 36.9 Å². The quantitative estimate of drug-likeness (QED) is 0.500. The van der Waals surface area contributed by atoms with Crippen molar-refractivity contribution in [2.45, 2.75) is 16.7 Å². The molecular formula is C24H17NO2S. The van der Waals surface area contributed by atoms with E-state index in [0.29, 0.717) is 10.6 Å². The van der Waals surface area contributed by atoms with Crippen molar-refractivity contribution in [1.82, 2.24) is 0 Å². The van der Waals surface area contributed by atoms with Gasteiger partial charge in [-0.1, -0.05) is 60.7 Å². The van der Waals surface area contributed by atoms with Crippen LogP contribution in [0.15, 0.2) is 77.7 Å². The van der Waals surface area contributed by atoms with Gasteiger partial charge in [-0.3, -0.25) is 9.59 Å². The minimum Gasteiger partial charge on any atom is -0.274 e. The highest BCUT2D eigenvalue weighted by molar-refractivity contribution is 7.80. The topological polar surface area (TPSA) is 37.4 Å². The molecule has 0 spiro atoms. The molecule has 1 heterocycles. The maximum Gasteiger partial charge on any atom is 0.238 e. The number of anilines is 1. The Balaban J connectivity index is 1.59. The summed E-state index contributed by atoms with van der Waals surface area (Å²) in [6.45, 7) is 0. The Morgan fingerprint density at radius 1 is 0.607 bits per heavy atom. The van der Waals surface area contributed by atoms with Crippen molar-refractivity contribution in [2.75, 3.05) is 4.90 Å². The van der Waals surface area contributed by atoms with Crippen molar-refractivity contribution in [3.63, 3.8) is 0 Å². The molecule has 3 aromatic carbocycles.